The molecule has 1 aliphatic carbocycles. The van der Waals surface area contributed by atoms with Crippen molar-refractivity contribution in [1.29, 1.82) is 0 Å². The molecule has 11 heteroatoms. The van der Waals surface area contributed by atoms with Gasteiger partial charge in [0, 0.05) is 40.9 Å². The van der Waals surface area contributed by atoms with Crippen molar-refractivity contribution < 1.29 is 47.0 Å². The number of morpholine rings is 1. The molecule has 0 spiro atoms. The molecule has 2 aliphatic rings. The molecule has 1 saturated carbocycles. The Bertz CT molecular complexity index is 499. The van der Waals surface area contributed by atoms with Crippen LogP contribution in [0.2, 0.25) is 5.02 Å². The maximum absolute atomic E-state index is 10.7. The number of rotatable bonds is 1. The molecule has 1 aromatic carbocycles. The minimum absolute atomic E-state index is 0. The molecule has 3 rings (SSSR count). The molecule has 0 bridgehead atoms. The van der Waals surface area contributed by atoms with Gasteiger partial charge in [-0.1, -0.05) is 11.6 Å². The van der Waals surface area contributed by atoms with Crippen LogP contribution >= 0.6 is 19.4 Å². The third kappa shape index (κ3) is 17.2. The Balaban J connectivity index is 0.000000408. The molecule has 1 aliphatic heterocycles. The van der Waals surface area contributed by atoms with Crippen molar-refractivity contribution in [2.45, 2.75) is 0 Å². The van der Waals surface area contributed by atoms with E-state index in [1.165, 1.54) is 5.69 Å². The Morgan fingerprint density at radius 3 is 1.46 bits per heavy atom. The van der Waals surface area contributed by atoms with Gasteiger partial charge in [0.1, 0.15) is 0 Å². The van der Waals surface area contributed by atoms with Gasteiger partial charge in [0.2, 0.25) is 0 Å². The van der Waals surface area contributed by atoms with E-state index in [0.717, 1.165) is 31.3 Å². The molecule has 5 radical (unpaired) electrons. The first-order valence-electron chi connectivity index (χ1n) is 7.12. The van der Waals surface area contributed by atoms with E-state index >= 15 is 0 Å². The average molecular weight is 464 g/mol. The standard InChI is InChI=1S/C10H12ClNO.C5H5.F6P.Fe/c11-9-1-3-10(4-2-9)12-5-7-13-8-6-12;1-2-4-5-3-1;1-7(2,3,4,5)6;/h1-4H,5-8H2;1-5H;;/q;;-1;. The first-order valence-corrected chi connectivity index (χ1v) is 9.53. The summed E-state index contributed by atoms with van der Waals surface area (Å²) in [4.78, 5) is 2.31. The van der Waals surface area contributed by atoms with Crippen LogP contribution in [0.5, 0.6) is 0 Å². The molecule has 0 amide bonds. The number of ether oxygens (including phenoxy) is 1. The summed E-state index contributed by atoms with van der Waals surface area (Å²) in [5.41, 5.74) is 1.23. The molecule has 1 aromatic rings. The summed E-state index contributed by atoms with van der Waals surface area (Å²) in [6, 6.07) is 7.94. The molecular weight excluding hydrogens is 446 g/mol. The van der Waals surface area contributed by atoms with Crippen molar-refractivity contribution in [1.82, 2.24) is 0 Å². The van der Waals surface area contributed by atoms with Crippen molar-refractivity contribution in [2.24, 2.45) is 0 Å². The number of halogens is 7. The van der Waals surface area contributed by atoms with Gasteiger partial charge in [-0.3, -0.25) is 0 Å². The Morgan fingerprint density at radius 2 is 1.12 bits per heavy atom. The van der Waals surface area contributed by atoms with Crippen LogP contribution in [-0.4, -0.2) is 26.3 Å². The minimum atomic E-state index is -10.7. The van der Waals surface area contributed by atoms with E-state index in [1.807, 2.05) is 56.4 Å². The number of hydrogen-bond acceptors (Lipinski definition) is 2. The summed E-state index contributed by atoms with van der Waals surface area (Å²) < 4.78 is 64.5. The fourth-order valence-corrected chi connectivity index (χ4v) is 1.92. The van der Waals surface area contributed by atoms with Gasteiger partial charge < -0.3 is 9.64 Å². The van der Waals surface area contributed by atoms with E-state index in [1.54, 1.807) is 0 Å². The summed E-state index contributed by atoms with van der Waals surface area (Å²) in [6.45, 7) is 3.59. The van der Waals surface area contributed by atoms with Gasteiger partial charge >= 0.3 is 33.0 Å². The normalized spacial score (nSPS) is 19.6. The second-order valence-corrected chi connectivity index (χ2v) is 7.35. The average Bonchev–Trinajstić information content (AvgIpc) is 3.05. The largest absolute Gasteiger partial charge is 0.0312 e. The number of hydrogen-bond donors (Lipinski definition) is 0. The van der Waals surface area contributed by atoms with Crippen molar-refractivity contribution in [3.63, 3.8) is 0 Å². The summed E-state index contributed by atoms with van der Waals surface area (Å²) in [7, 11) is -10.7. The van der Waals surface area contributed by atoms with E-state index in [-0.39, 0.29) is 17.1 Å². The van der Waals surface area contributed by atoms with Crippen LogP contribution < -0.4 is 4.90 Å². The minimum Gasteiger partial charge on any atom is -0.0312 e. The second-order valence-electron chi connectivity index (χ2n) is 5.00. The van der Waals surface area contributed by atoms with Crippen molar-refractivity contribution >= 4 is 25.1 Å². The number of nitrogens with zero attached hydrogens (tertiary/aromatic N) is 1. The zero-order valence-electron chi connectivity index (χ0n) is 13.3. The van der Waals surface area contributed by atoms with Crippen LogP contribution in [0.25, 0.3) is 0 Å². The van der Waals surface area contributed by atoms with Crippen molar-refractivity contribution in [2.75, 3.05) is 31.2 Å². The number of anilines is 1. The Kier molecular flexibility index (Phi) is 9.76. The third-order valence-electron chi connectivity index (χ3n) is 2.76. The van der Waals surface area contributed by atoms with Gasteiger partial charge in [-0.25, -0.2) is 0 Å². The van der Waals surface area contributed by atoms with Crippen LogP contribution in [0.15, 0.2) is 24.3 Å². The van der Waals surface area contributed by atoms with Crippen LogP contribution in [0.4, 0.5) is 30.9 Å². The van der Waals surface area contributed by atoms with Crippen molar-refractivity contribution in [3.05, 3.63) is 61.4 Å². The summed E-state index contributed by atoms with van der Waals surface area (Å²) >= 11 is 5.81. The summed E-state index contributed by atoms with van der Waals surface area (Å²) in [5.74, 6) is 0. The molecule has 2 fully saturated rings. The predicted octanol–water partition coefficient (Wildman–Crippen LogP) is 6.58. The first kappa shape index (κ1) is 25.8. The van der Waals surface area contributed by atoms with Crippen LogP contribution in [-0.2, 0) is 21.8 Å². The van der Waals surface area contributed by atoms with Crippen LogP contribution in [0, 0.1) is 32.1 Å². The van der Waals surface area contributed by atoms with E-state index in [0.29, 0.717) is 0 Å². The number of benzene rings is 1. The third-order valence-corrected chi connectivity index (χ3v) is 3.01. The topological polar surface area (TPSA) is 12.5 Å². The quantitative estimate of drug-likeness (QED) is 0.265. The molecule has 0 atom stereocenters. The van der Waals surface area contributed by atoms with Gasteiger partial charge in [-0.05, 0) is 56.4 Å². The van der Waals surface area contributed by atoms with E-state index < -0.39 is 7.81 Å². The monoisotopic (exact) mass is 463 g/mol. The smallest absolute Gasteiger partial charge is 0 e. The predicted molar refractivity (Wildman–Crippen MR) is 89.6 cm³/mol. The zero-order chi connectivity index (χ0) is 19.0. The van der Waals surface area contributed by atoms with Crippen molar-refractivity contribution in [3.8, 4) is 0 Å². The molecular formula is C15H17ClF6FeNOP-. The van der Waals surface area contributed by atoms with Gasteiger partial charge in [0.05, 0.1) is 13.2 Å². The van der Waals surface area contributed by atoms with E-state index in [2.05, 4.69) is 4.90 Å². The molecule has 0 unspecified atom stereocenters. The summed E-state index contributed by atoms with van der Waals surface area (Å²) in [6.07, 6.45) is 10.0. The maximum Gasteiger partial charge on any atom is 0 e. The second kappa shape index (κ2) is 9.83. The maximum atomic E-state index is 9.87. The molecule has 1 saturated heterocycles. The van der Waals surface area contributed by atoms with E-state index in [9.17, 15) is 25.2 Å². The molecule has 2 nitrogen and oxygen atoms in total. The molecule has 1 heterocycles. The van der Waals surface area contributed by atoms with Gasteiger partial charge in [0.25, 0.3) is 0 Å². The fourth-order valence-electron chi connectivity index (χ4n) is 1.79. The molecule has 151 valence electrons. The molecule has 0 aromatic heterocycles. The Morgan fingerprint density at radius 1 is 0.769 bits per heavy atom. The van der Waals surface area contributed by atoms with Crippen LogP contribution in [0.1, 0.15) is 0 Å². The fraction of sp³-hybridized carbons (Fsp3) is 0.267. The summed E-state index contributed by atoms with van der Waals surface area (Å²) in [5, 5.41) is 0.789. The zero-order valence-corrected chi connectivity index (χ0v) is 16.1. The Labute approximate surface area is 164 Å². The van der Waals surface area contributed by atoms with Crippen LogP contribution in [0.3, 0.4) is 0 Å². The Hall–Kier alpha value is -0.201. The van der Waals surface area contributed by atoms with E-state index in [4.69, 9.17) is 16.3 Å². The molecule has 0 N–H and O–H groups in total. The van der Waals surface area contributed by atoms with Gasteiger partial charge in [-0.15, -0.1) is 0 Å². The van der Waals surface area contributed by atoms with Gasteiger partial charge in [0.15, 0.2) is 0 Å². The SMILES string of the molecule is Clc1ccc(N2CCOCC2)cc1.F[P-](F)(F)(F)(F)F.[CH]1[CH][CH][CH][CH]1.[Fe]. The molecule has 26 heavy (non-hydrogen) atoms. The first-order chi connectivity index (χ1) is 11.3. The van der Waals surface area contributed by atoms with Gasteiger partial charge in [-0.2, -0.15) is 0 Å².